The summed E-state index contributed by atoms with van der Waals surface area (Å²) in [5.74, 6) is 1.43. The van der Waals surface area contributed by atoms with Crippen molar-refractivity contribution in [2.75, 3.05) is 19.6 Å². The number of nitrogens with zero attached hydrogens (tertiary/aromatic N) is 3. The first-order valence-corrected chi connectivity index (χ1v) is 8.06. The second-order valence-corrected chi connectivity index (χ2v) is 6.31. The molecule has 1 fully saturated rings. The van der Waals surface area contributed by atoms with Crippen LogP contribution in [0.3, 0.4) is 0 Å². The third kappa shape index (κ3) is 3.85. The highest BCUT2D eigenvalue weighted by Gasteiger charge is 2.28. The Morgan fingerprint density at radius 1 is 1.33 bits per heavy atom. The lowest BCUT2D eigenvalue weighted by Crippen LogP contribution is -2.42. The Morgan fingerprint density at radius 3 is 2.71 bits per heavy atom. The molecule has 1 amide bonds. The van der Waals surface area contributed by atoms with Gasteiger partial charge in [0.15, 0.2) is 0 Å². The monoisotopic (exact) mass is 372 g/mol. The van der Waals surface area contributed by atoms with Crippen molar-refractivity contribution >= 4 is 41.8 Å². The van der Waals surface area contributed by atoms with E-state index in [4.69, 9.17) is 10.7 Å². The number of hydrogen-bond acceptors (Lipinski definition) is 3. The molecule has 24 heavy (non-hydrogen) atoms. The van der Waals surface area contributed by atoms with Crippen LogP contribution < -0.4 is 5.73 Å². The van der Waals surface area contributed by atoms with Crippen LogP contribution in [0.15, 0.2) is 24.3 Å². The summed E-state index contributed by atoms with van der Waals surface area (Å²) < 4.78 is 2.32. The second-order valence-electron chi connectivity index (χ2n) is 6.31. The number of piperidine rings is 1. The van der Waals surface area contributed by atoms with Crippen LogP contribution >= 0.6 is 24.8 Å². The number of nitrogens with two attached hydrogens (primary N) is 1. The Labute approximate surface area is 155 Å². The van der Waals surface area contributed by atoms with E-state index in [0.29, 0.717) is 12.0 Å². The molecule has 0 radical (unpaired) electrons. The van der Waals surface area contributed by atoms with Crippen LogP contribution in [0, 0.1) is 0 Å². The van der Waals surface area contributed by atoms with Crippen LogP contribution in [0.5, 0.6) is 0 Å². The zero-order valence-corrected chi connectivity index (χ0v) is 15.8. The maximum absolute atomic E-state index is 11.9. The van der Waals surface area contributed by atoms with Crippen molar-refractivity contribution in [2.24, 2.45) is 5.73 Å². The molecule has 1 aliphatic heterocycles. The molecule has 2 heterocycles. The van der Waals surface area contributed by atoms with E-state index in [-0.39, 0.29) is 37.3 Å². The summed E-state index contributed by atoms with van der Waals surface area (Å²) in [6, 6.07) is 8.61. The fourth-order valence-electron chi connectivity index (χ4n) is 3.44. The number of benzene rings is 1. The lowest BCUT2D eigenvalue weighted by atomic mass is 9.96. The van der Waals surface area contributed by atoms with Gasteiger partial charge in [-0.3, -0.25) is 4.79 Å². The van der Waals surface area contributed by atoms with Crippen LogP contribution in [0.2, 0.25) is 0 Å². The molecule has 1 saturated heterocycles. The summed E-state index contributed by atoms with van der Waals surface area (Å²) >= 11 is 0. The number of carbonyl (C=O) groups is 1. The molecule has 0 saturated carbocycles. The van der Waals surface area contributed by atoms with E-state index in [2.05, 4.69) is 36.6 Å². The Hall–Kier alpha value is -1.30. The highest BCUT2D eigenvalue weighted by Crippen LogP contribution is 2.31. The van der Waals surface area contributed by atoms with Gasteiger partial charge in [0, 0.05) is 25.0 Å². The molecule has 134 valence electrons. The number of rotatable bonds is 3. The van der Waals surface area contributed by atoms with Crippen LogP contribution in [0.25, 0.3) is 11.0 Å². The molecule has 3 rings (SSSR count). The van der Waals surface area contributed by atoms with E-state index in [1.165, 1.54) is 5.52 Å². The number of amides is 1. The standard InChI is InChI=1S/C17H24N4O.2ClH/c1-12(2)21-15-8-4-3-7-14(15)19-17(21)13-6-5-9-20(11-13)16(22)10-18;;/h3-4,7-8,12-13H,5-6,9-11,18H2,1-2H3;2*1H. The molecular formula is C17H26Cl2N4O. The molecule has 1 aromatic heterocycles. The van der Waals surface area contributed by atoms with E-state index in [1.807, 2.05) is 11.0 Å². The van der Waals surface area contributed by atoms with Crippen molar-refractivity contribution in [1.29, 1.82) is 0 Å². The van der Waals surface area contributed by atoms with Gasteiger partial charge >= 0.3 is 0 Å². The predicted octanol–water partition coefficient (Wildman–Crippen LogP) is 3.13. The van der Waals surface area contributed by atoms with Crippen LogP contribution in [-0.2, 0) is 4.79 Å². The topological polar surface area (TPSA) is 64.2 Å². The van der Waals surface area contributed by atoms with E-state index in [9.17, 15) is 4.79 Å². The van der Waals surface area contributed by atoms with Gasteiger partial charge < -0.3 is 15.2 Å². The van der Waals surface area contributed by atoms with Gasteiger partial charge in [-0.05, 0) is 38.8 Å². The number of aromatic nitrogens is 2. The van der Waals surface area contributed by atoms with Gasteiger partial charge in [-0.15, -0.1) is 24.8 Å². The first-order valence-electron chi connectivity index (χ1n) is 8.06. The highest BCUT2D eigenvalue weighted by molar-refractivity contribution is 5.85. The first kappa shape index (κ1) is 20.7. The minimum Gasteiger partial charge on any atom is -0.341 e. The molecule has 7 heteroatoms. The summed E-state index contributed by atoms with van der Waals surface area (Å²) in [5.41, 5.74) is 7.73. The van der Waals surface area contributed by atoms with E-state index >= 15 is 0 Å². The van der Waals surface area contributed by atoms with Crippen molar-refractivity contribution < 1.29 is 4.79 Å². The predicted molar refractivity (Wildman–Crippen MR) is 102 cm³/mol. The fraction of sp³-hybridized carbons (Fsp3) is 0.529. The largest absolute Gasteiger partial charge is 0.341 e. The number of halogens is 2. The van der Waals surface area contributed by atoms with Gasteiger partial charge in [-0.25, -0.2) is 4.98 Å². The summed E-state index contributed by atoms with van der Waals surface area (Å²) in [6.07, 6.45) is 2.09. The average Bonchev–Trinajstić information content (AvgIpc) is 2.94. The summed E-state index contributed by atoms with van der Waals surface area (Å²) in [6.45, 7) is 6.00. The minimum atomic E-state index is 0. The van der Waals surface area contributed by atoms with Crippen molar-refractivity contribution in [1.82, 2.24) is 14.5 Å². The smallest absolute Gasteiger partial charge is 0.236 e. The Kier molecular flexibility index (Phi) is 7.52. The molecule has 5 nitrogen and oxygen atoms in total. The first-order chi connectivity index (χ1) is 10.6. The molecule has 0 bridgehead atoms. The van der Waals surface area contributed by atoms with Crippen molar-refractivity contribution in [2.45, 2.75) is 38.6 Å². The number of likely N-dealkylation sites (tertiary alicyclic amines) is 1. The SMILES string of the molecule is CC(C)n1c(C2CCCN(C(=O)CN)C2)nc2ccccc21.Cl.Cl. The molecule has 1 unspecified atom stereocenters. The number of para-hydroxylation sites is 2. The van der Waals surface area contributed by atoms with Gasteiger partial charge in [0.1, 0.15) is 5.82 Å². The molecule has 2 aromatic rings. The van der Waals surface area contributed by atoms with Gasteiger partial charge in [0.2, 0.25) is 5.91 Å². The molecule has 1 atom stereocenters. The number of imidazole rings is 1. The zero-order chi connectivity index (χ0) is 15.7. The van der Waals surface area contributed by atoms with Crippen LogP contribution in [0.1, 0.15) is 44.5 Å². The fourth-order valence-corrected chi connectivity index (χ4v) is 3.44. The molecule has 0 spiro atoms. The van der Waals surface area contributed by atoms with Crippen molar-refractivity contribution in [3.05, 3.63) is 30.1 Å². The number of fused-ring (bicyclic) bond motifs is 1. The van der Waals surface area contributed by atoms with Crippen LogP contribution in [-0.4, -0.2) is 40.0 Å². The summed E-state index contributed by atoms with van der Waals surface area (Å²) in [4.78, 5) is 18.7. The third-order valence-corrected chi connectivity index (χ3v) is 4.45. The Balaban J connectivity index is 0.00000144. The normalized spacial score (nSPS) is 17.5. The van der Waals surface area contributed by atoms with Gasteiger partial charge in [-0.1, -0.05) is 12.1 Å². The van der Waals surface area contributed by atoms with E-state index in [0.717, 1.165) is 37.3 Å². The Morgan fingerprint density at radius 2 is 2.04 bits per heavy atom. The van der Waals surface area contributed by atoms with Gasteiger partial charge in [-0.2, -0.15) is 0 Å². The number of carbonyl (C=O) groups excluding carboxylic acids is 1. The minimum absolute atomic E-state index is 0. The Bertz CT molecular complexity index is 686. The number of hydrogen-bond donors (Lipinski definition) is 1. The van der Waals surface area contributed by atoms with E-state index < -0.39 is 0 Å². The summed E-state index contributed by atoms with van der Waals surface area (Å²) in [7, 11) is 0. The van der Waals surface area contributed by atoms with Gasteiger partial charge in [0.25, 0.3) is 0 Å². The maximum Gasteiger partial charge on any atom is 0.236 e. The molecule has 0 aliphatic carbocycles. The quantitative estimate of drug-likeness (QED) is 0.899. The maximum atomic E-state index is 11.9. The van der Waals surface area contributed by atoms with Crippen molar-refractivity contribution in [3.63, 3.8) is 0 Å². The second kappa shape index (κ2) is 8.70. The lowest BCUT2D eigenvalue weighted by molar-refractivity contribution is -0.130. The third-order valence-electron chi connectivity index (χ3n) is 4.45. The molecule has 1 aliphatic rings. The van der Waals surface area contributed by atoms with Crippen molar-refractivity contribution in [3.8, 4) is 0 Å². The summed E-state index contributed by atoms with van der Waals surface area (Å²) in [5, 5.41) is 0. The molecule has 1 aromatic carbocycles. The highest BCUT2D eigenvalue weighted by atomic mass is 35.5. The average molecular weight is 373 g/mol. The zero-order valence-electron chi connectivity index (χ0n) is 14.1. The van der Waals surface area contributed by atoms with Gasteiger partial charge in [0.05, 0.1) is 17.6 Å². The van der Waals surface area contributed by atoms with Crippen LogP contribution in [0.4, 0.5) is 0 Å². The molecule has 2 N–H and O–H groups in total. The lowest BCUT2D eigenvalue weighted by Gasteiger charge is -2.33. The van der Waals surface area contributed by atoms with E-state index in [1.54, 1.807) is 0 Å². The molecular weight excluding hydrogens is 347 g/mol.